The van der Waals surface area contributed by atoms with Crippen molar-refractivity contribution < 1.29 is 0 Å². The van der Waals surface area contributed by atoms with Crippen molar-refractivity contribution in [3.05, 3.63) is 91.0 Å². The quantitative estimate of drug-likeness (QED) is 0.562. The maximum atomic E-state index is 2.34. The zero-order valence-corrected chi connectivity index (χ0v) is 15.3. The van der Waals surface area contributed by atoms with Gasteiger partial charge in [0.1, 0.15) is 0 Å². The highest BCUT2D eigenvalue weighted by atomic mass is 31.2. The highest BCUT2D eigenvalue weighted by molar-refractivity contribution is 7.85. The van der Waals surface area contributed by atoms with Crippen LogP contribution < -0.4 is 15.9 Å². The van der Waals surface area contributed by atoms with Crippen LogP contribution in [-0.2, 0) is 0 Å². The average Bonchev–Trinajstić information content (AvgIpc) is 2.65. The maximum Gasteiger partial charge on any atom is 0.0000230 e. The predicted molar refractivity (Wildman–Crippen MR) is 107 cm³/mol. The summed E-state index contributed by atoms with van der Waals surface area (Å²) in [6.45, 7) is 2.34. The van der Waals surface area contributed by atoms with Crippen LogP contribution in [0.25, 0.3) is 0 Å². The zero-order chi connectivity index (χ0) is 15.9. The highest BCUT2D eigenvalue weighted by Gasteiger charge is 2.19. The molecule has 3 aromatic carbocycles. The van der Waals surface area contributed by atoms with Crippen molar-refractivity contribution in [1.29, 1.82) is 0 Å². The summed E-state index contributed by atoms with van der Waals surface area (Å²) in [5, 5.41) is 4.51. The molecule has 3 aromatic rings. The summed E-state index contributed by atoms with van der Waals surface area (Å²) in [5.41, 5.74) is 0. The van der Waals surface area contributed by atoms with Crippen LogP contribution in [0.2, 0.25) is 0 Å². The van der Waals surface area contributed by atoms with Crippen LogP contribution in [0.4, 0.5) is 0 Å². The summed E-state index contributed by atoms with van der Waals surface area (Å²) in [6, 6.07) is 33.2. The monoisotopic (exact) mass is 336 g/mol. The zero-order valence-electron chi connectivity index (χ0n) is 13.5. The average molecular weight is 336 g/mol. The molecular formula is C21H22P2. The van der Waals surface area contributed by atoms with E-state index in [9.17, 15) is 0 Å². The molecule has 0 saturated carbocycles. The lowest BCUT2D eigenvalue weighted by molar-refractivity contribution is 1.50. The van der Waals surface area contributed by atoms with Gasteiger partial charge in [0.25, 0.3) is 0 Å². The molecule has 0 amide bonds. The molecule has 116 valence electrons. The van der Waals surface area contributed by atoms with Crippen LogP contribution in [0, 0.1) is 0 Å². The lowest BCUT2D eigenvalue weighted by Crippen LogP contribution is -2.16. The van der Waals surface area contributed by atoms with Gasteiger partial charge in [-0.3, -0.25) is 0 Å². The minimum Gasteiger partial charge on any atom is -0.0706 e. The van der Waals surface area contributed by atoms with Crippen molar-refractivity contribution in [3.63, 3.8) is 0 Å². The van der Waals surface area contributed by atoms with Gasteiger partial charge in [-0.25, -0.2) is 0 Å². The molecular weight excluding hydrogens is 314 g/mol. The first-order chi connectivity index (χ1) is 11.4. The smallest absolute Gasteiger partial charge is 0.0000230 e. The van der Waals surface area contributed by atoms with Crippen molar-refractivity contribution >= 4 is 31.8 Å². The Labute approximate surface area is 142 Å². The lowest BCUT2D eigenvalue weighted by atomic mass is 10.4. The molecule has 0 radical (unpaired) electrons. The Kier molecular flexibility index (Phi) is 5.98. The molecule has 0 N–H and O–H groups in total. The molecule has 0 spiro atoms. The Balaban J connectivity index is 1.93. The second-order valence-electron chi connectivity index (χ2n) is 5.43. The van der Waals surface area contributed by atoms with Gasteiger partial charge in [0, 0.05) is 5.90 Å². The summed E-state index contributed by atoms with van der Waals surface area (Å²) in [4.78, 5) is 0. The molecule has 2 heteroatoms. The summed E-state index contributed by atoms with van der Waals surface area (Å²) >= 11 is 0. The third-order valence-corrected chi connectivity index (χ3v) is 10.1. The van der Waals surface area contributed by atoms with Gasteiger partial charge in [0.2, 0.25) is 0 Å². The Morgan fingerprint density at radius 2 is 0.957 bits per heavy atom. The van der Waals surface area contributed by atoms with Gasteiger partial charge >= 0.3 is 0 Å². The van der Waals surface area contributed by atoms with Gasteiger partial charge < -0.3 is 0 Å². The molecule has 1 unspecified atom stereocenters. The molecule has 0 heterocycles. The van der Waals surface area contributed by atoms with Crippen LogP contribution in [0.3, 0.4) is 0 Å². The topological polar surface area (TPSA) is 0 Å². The molecule has 1 atom stereocenters. The summed E-state index contributed by atoms with van der Waals surface area (Å²) in [5.74, 6) is 1.28. The molecule has 0 bridgehead atoms. The van der Waals surface area contributed by atoms with Crippen LogP contribution in [0.5, 0.6) is 0 Å². The number of benzene rings is 3. The van der Waals surface area contributed by atoms with Gasteiger partial charge in [0.15, 0.2) is 0 Å². The first-order valence-electron chi connectivity index (χ1n) is 8.06. The Hall–Kier alpha value is -1.48. The summed E-state index contributed by atoms with van der Waals surface area (Å²) in [6.07, 6.45) is 1.25. The standard InChI is InChI=1S/C21H22P2/c1-2-22(19-12-6-3-7-13-19)18-23(20-14-8-4-9-15-20)21-16-10-5-11-17-21/h3-17H,2,18H2,1H3. The fourth-order valence-corrected chi connectivity index (χ4v) is 9.15. The summed E-state index contributed by atoms with van der Waals surface area (Å²) < 4.78 is 0. The molecule has 3 rings (SSSR count). The van der Waals surface area contributed by atoms with E-state index in [2.05, 4.69) is 97.9 Å². The van der Waals surface area contributed by atoms with Crippen molar-refractivity contribution in [2.45, 2.75) is 6.92 Å². The lowest BCUT2D eigenvalue weighted by Gasteiger charge is -2.25. The molecule has 23 heavy (non-hydrogen) atoms. The van der Waals surface area contributed by atoms with Crippen molar-refractivity contribution in [1.82, 2.24) is 0 Å². The minimum absolute atomic E-state index is 0.111. The number of rotatable bonds is 6. The molecule has 0 aliphatic rings. The van der Waals surface area contributed by atoms with E-state index < -0.39 is 0 Å². The van der Waals surface area contributed by atoms with E-state index in [1.807, 2.05) is 0 Å². The first kappa shape index (κ1) is 16.4. The van der Waals surface area contributed by atoms with Gasteiger partial charge in [0.05, 0.1) is 0 Å². The third-order valence-electron chi connectivity index (χ3n) is 3.95. The van der Waals surface area contributed by atoms with Crippen LogP contribution in [-0.4, -0.2) is 12.1 Å². The number of hydrogen-bond acceptors (Lipinski definition) is 0. The van der Waals surface area contributed by atoms with E-state index in [0.717, 1.165) is 0 Å². The second kappa shape index (κ2) is 8.39. The first-order valence-corrected chi connectivity index (χ1v) is 11.3. The van der Waals surface area contributed by atoms with E-state index in [4.69, 9.17) is 0 Å². The minimum atomic E-state index is -0.291. The van der Waals surface area contributed by atoms with Crippen LogP contribution in [0.15, 0.2) is 91.0 Å². The Bertz CT molecular complexity index is 656. The normalized spacial score (nSPS) is 12.3. The fraction of sp³-hybridized carbons (Fsp3) is 0.143. The van der Waals surface area contributed by atoms with Gasteiger partial charge in [-0.2, -0.15) is 0 Å². The predicted octanol–water partition coefficient (Wildman–Crippen LogP) is 4.90. The van der Waals surface area contributed by atoms with Gasteiger partial charge in [-0.05, 0) is 30.0 Å². The molecule has 0 fully saturated rings. The van der Waals surface area contributed by atoms with E-state index in [1.165, 1.54) is 28.0 Å². The van der Waals surface area contributed by atoms with E-state index in [-0.39, 0.29) is 15.8 Å². The van der Waals surface area contributed by atoms with Crippen LogP contribution in [0.1, 0.15) is 6.92 Å². The molecule has 0 saturated heterocycles. The summed E-state index contributed by atoms with van der Waals surface area (Å²) in [7, 11) is -0.402. The molecule has 0 aliphatic heterocycles. The SMILES string of the molecule is CCP(CP(c1ccccc1)c1ccccc1)c1ccccc1. The third kappa shape index (κ3) is 4.29. The van der Waals surface area contributed by atoms with Crippen LogP contribution >= 0.6 is 15.8 Å². The molecule has 0 nitrogen and oxygen atoms in total. The maximum absolute atomic E-state index is 2.34. The Morgan fingerprint density at radius 3 is 1.35 bits per heavy atom. The highest BCUT2D eigenvalue weighted by Crippen LogP contribution is 2.48. The van der Waals surface area contributed by atoms with Gasteiger partial charge in [-0.15, -0.1) is 0 Å². The fourth-order valence-electron chi connectivity index (χ4n) is 2.70. The molecule has 0 aromatic heterocycles. The van der Waals surface area contributed by atoms with E-state index in [0.29, 0.717) is 0 Å². The van der Waals surface area contributed by atoms with E-state index in [1.54, 1.807) is 0 Å². The van der Waals surface area contributed by atoms with E-state index >= 15 is 0 Å². The number of hydrogen-bond donors (Lipinski definition) is 0. The van der Waals surface area contributed by atoms with Crippen molar-refractivity contribution in [2.75, 3.05) is 12.1 Å². The second-order valence-corrected chi connectivity index (χ2v) is 10.7. The van der Waals surface area contributed by atoms with Crippen molar-refractivity contribution in [3.8, 4) is 0 Å². The molecule has 0 aliphatic carbocycles. The largest absolute Gasteiger partial charge is 0.0706 e. The van der Waals surface area contributed by atoms with Gasteiger partial charge in [-0.1, -0.05) is 106 Å². The Morgan fingerprint density at radius 1 is 0.565 bits per heavy atom. The van der Waals surface area contributed by atoms with Crippen molar-refractivity contribution in [2.24, 2.45) is 0 Å².